The van der Waals surface area contributed by atoms with E-state index in [9.17, 15) is 13.2 Å². The number of hydrogen-bond donors (Lipinski definition) is 3. The summed E-state index contributed by atoms with van der Waals surface area (Å²) in [6.07, 6.45) is 6.22. The zero-order valence-corrected chi connectivity index (χ0v) is 26.4. The fourth-order valence-electron chi connectivity index (χ4n) is 5.95. The molecule has 5 heterocycles. The highest BCUT2D eigenvalue weighted by Crippen LogP contribution is 2.37. The van der Waals surface area contributed by atoms with Crippen LogP contribution in [0.25, 0.3) is 33.4 Å². The minimum atomic E-state index is -3.53. The van der Waals surface area contributed by atoms with Crippen LogP contribution in [-0.2, 0) is 14.8 Å². The Morgan fingerprint density at radius 3 is 2.57 bits per heavy atom. The number of H-pyrrole nitrogens is 1. The monoisotopic (exact) mass is 639 g/mol. The van der Waals surface area contributed by atoms with Crippen molar-refractivity contribution in [2.45, 2.75) is 19.9 Å². The number of hydrogen-bond acceptors (Lipinski definition) is 9. The third-order valence-electron chi connectivity index (χ3n) is 8.05. The molecule has 13 nitrogen and oxygen atoms in total. The number of aryl methyl sites for hydroxylation is 1. The number of rotatable bonds is 8. The zero-order chi connectivity index (χ0) is 32.0. The Kier molecular flexibility index (Phi) is 7.45. The first kappa shape index (κ1) is 29.5. The molecule has 1 aliphatic rings. The number of para-hydroxylation sites is 1. The fraction of sp³-hybridized carbons (Fsp3) is 0.250. The maximum absolute atomic E-state index is 13.9. The van der Waals surface area contributed by atoms with Crippen molar-refractivity contribution in [3.63, 3.8) is 0 Å². The largest absolute Gasteiger partial charge is 0.378 e. The van der Waals surface area contributed by atoms with Gasteiger partial charge < -0.3 is 19.9 Å². The predicted molar refractivity (Wildman–Crippen MR) is 178 cm³/mol. The van der Waals surface area contributed by atoms with Crippen molar-refractivity contribution in [1.82, 2.24) is 29.1 Å². The van der Waals surface area contributed by atoms with Gasteiger partial charge in [-0.1, -0.05) is 18.2 Å². The summed E-state index contributed by atoms with van der Waals surface area (Å²) >= 11 is 0. The van der Waals surface area contributed by atoms with Crippen LogP contribution in [0.5, 0.6) is 0 Å². The average Bonchev–Trinajstić information content (AvgIpc) is 3.65. The SMILES string of the molecule is Cc1ccn2nc([C@H](C)Nc3ncnc4[nH]cc(-c5cc(NS(C)(=O)=O)cc(N6CCOCC6)c5)c34)n(-c3ccccc3)c(=O)c12. The fourth-order valence-corrected chi connectivity index (χ4v) is 6.50. The Labute approximate surface area is 264 Å². The molecule has 6 aromatic rings. The number of sulfonamides is 1. The van der Waals surface area contributed by atoms with Gasteiger partial charge >= 0.3 is 0 Å². The van der Waals surface area contributed by atoms with Gasteiger partial charge in [-0.25, -0.2) is 22.9 Å². The number of aromatic amines is 1. The Morgan fingerprint density at radius 2 is 1.80 bits per heavy atom. The molecular weight excluding hydrogens is 606 g/mol. The second-order valence-electron chi connectivity index (χ2n) is 11.4. The van der Waals surface area contributed by atoms with Crippen molar-refractivity contribution in [3.8, 4) is 16.8 Å². The third kappa shape index (κ3) is 5.56. The van der Waals surface area contributed by atoms with E-state index >= 15 is 0 Å². The van der Waals surface area contributed by atoms with Crippen molar-refractivity contribution >= 4 is 43.8 Å². The maximum atomic E-state index is 13.9. The highest BCUT2D eigenvalue weighted by atomic mass is 32.2. The lowest BCUT2D eigenvalue weighted by Crippen LogP contribution is -2.36. The van der Waals surface area contributed by atoms with Crippen LogP contribution in [0.4, 0.5) is 17.2 Å². The number of benzene rings is 2. The van der Waals surface area contributed by atoms with Gasteiger partial charge in [-0.2, -0.15) is 5.10 Å². The zero-order valence-electron chi connectivity index (χ0n) is 25.6. The molecule has 46 heavy (non-hydrogen) atoms. The molecule has 236 valence electrons. The van der Waals surface area contributed by atoms with Gasteiger partial charge in [0.2, 0.25) is 10.0 Å². The predicted octanol–water partition coefficient (Wildman–Crippen LogP) is 4.11. The number of anilines is 3. The summed E-state index contributed by atoms with van der Waals surface area (Å²) in [6.45, 7) is 6.36. The van der Waals surface area contributed by atoms with Gasteiger partial charge in [-0.05, 0) is 61.4 Å². The Hall–Kier alpha value is -5.21. The number of morpholine rings is 1. The van der Waals surface area contributed by atoms with Crippen LogP contribution >= 0.6 is 0 Å². The van der Waals surface area contributed by atoms with Gasteiger partial charge in [0.15, 0.2) is 5.82 Å². The minimum Gasteiger partial charge on any atom is -0.378 e. The van der Waals surface area contributed by atoms with Gasteiger partial charge in [-0.15, -0.1) is 0 Å². The molecule has 0 saturated carbocycles. The van der Waals surface area contributed by atoms with Crippen molar-refractivity contribution in [3.05, 3.63) is 95.1 Å². The van der Waals surface area contributed by atoms with E-state index in [2.05, 4.69) is 29.9 Å². The number of ether oxygens (including phenoxy) is 1. The molecule has 4 aromatic heterocycles. The first-order valence-electron chi connectivity index (χ1n) is 14.9. The van der Waals surface area contributed by atoms with Crippen LogP contribution in [0.3, 0.4) is 0 Å². The molecule has 1 atom stereocenters. The van der Waals surface area contributed by atoms with Crippen LogP contribution in [0.1, 0.15) is 24.4 Å². The lowest BCUT2D eigenvalue weighted by molar-refractivity contribution is 0.122. The van der Waals surface area contributed by atoms with Crippen LogP contribution in [0.2, 0.25) is 0 Å². The van der Waals surface area contributed by atoms with Crippen molar-refractivity contribution < 1.29 is 13.2 Å². The number of nitrogens with zero attached hydrogens (tertiary/aromatic N) is 6. The van der Waals surface area contributed by atoms with E-state index in [4.69, 9.17) is 9.84 Å². The normalized spacial score (nSPS) is 14.5. The van der Waals surface area contributed by atoms with Crippen molar-refractivity contribution in [1.29, 1.82) is 0 Å². The van der Waals surface area contributed by atoms with Gasteiger partial charge in [0.05, 0.1) is 42.3 Å². The molecular formula is C32H33N9O4S. The van der Waals surface area contributed by atoms with Crippen LogP contribution < -0.4 is 20.5 Å². The van der Waals surface area contributed by atoms with Gasteiger partial charge in [0, 0.05) is 36.7 Å². The molecule has 0 amide bonds. The topological polar surface area (TPSA) is 152 Å². The molecule has 7 rings (SSSR count). The first-order chi connectivity index (χ1) is 22.2. The van der Waals surface area contributed by atoms with Crippen LogP contribution in [0.15, 0.2) is 78.1 Å². The van der Waals surface area contributed by atoms with Crippen molar-refractivity contribution in [2.24, 2.45) is 0 Å². The highest BCUT2D eigenvalue weighted by molar-refractivity contribution is 7.92. The van der Waals surface area contributed by atoms with E-state index in [-0.39, 0.29) is 5.56 Å². The summed E-state index contributed by atoms with van der Waals surface area (Å²) in [4.78, 5) is 28.4. The molecule has 14 heteroatoms. The number of nitrogens with one attached hydrogen (secondary N) is 3. The highest BCUT2D eigenvalue weighted by Gasteiger charge is 2.23. The van der Waals surface area contributed by atoms with E-state index in [1.54, 1.807) is 21.3 Å². The molecule has 0 bridgehead atoms. The molecule has 0 unspecified atom stereocenters. The molecule has 1 saturated heterocycles. The lowest BCUT2D eigenvalue weighted by Gasteiger charge is -2.29. The van der Waals surface area contributed by atoms with Gasteiger partial charge in [-0.3, -0.25) is 14.1 Å². The maximum Gasteiger partial charge on any atom is 0.282 e. The summed E-state index contributed by atoms with van der Waals surface area (Å²) < 4.78 is 35.9. The summed E-state index contributed by atoms with van der Waals surface area (Å²) in [5.74, 6) is 1.03. The smallest absolute Gasteiger partial charge is 0.282 e. The van der Waals surface area contributed by atoms with Gasteiger partial charge in [0.1, 0.15) is 23.3 Å². The van der Waals surface area contributed by atoms with Gasteiger partial charge in [0.25, 0.3) is 5.56 Å². The standard InChI is InChI=1S/C32H33N9O4S/c1-20-9-10-40-28(20)32(42)41(24-7-5-4-6-8-24)31(37-40)21(2)36-30-27-26(18-33-29(27)34-19-35-30)22-15-23(38-46(3,43)44)17-25(16-22)39-11-13-45-14-12-39/h4-10,15-19,21,38H,11-14H2,1-3H3,(H2,33,34,35,36)/t21-/m0/s1. The average molecular weight is 640 g/mol. The van der Waals surface area contributed by atoms with Crippen LogP contribution in [0, 0.1) is 6.92 Å². The Morgan fingerprint density at radius 1 is 1.02 bits per heavy atom. The second kappa shape index (κ2) is 11.6. The molecule has 1 fully saturated rings. The number of aromatic nitrogens is 6. The lowest BCUT2D eigenvalue weighted by atomic mass is 10.0. The van der Waals surface area contributed by atoms with E-state index in [0.717, 1.165) is 28.6 Å². The molecule has 1 aliphatic heterocycles. The molecule has 3 N–H and O–H groups in total. The summed E-state index contributed by atoms with van der Waals surface area (Å²) in [5.41, 5.74) is 5.34. The number of fused-ring (bicyclic) bond motifs is 2. The third-order valence-corrected chi connectivity index (χ3v) is 8.65. The molecule has 2 aromatic carbocycles. The second-order valence-corrected chi connectivity index (χ2v) is 13.1. The Balaban J connectivity index is 1.34. The van der Waals surface area contributed by atoms with Crippen LogP contribution in [-0.4, -0.2) is 70.1 Å². The summed E-state index contributed by atoms with van der Waals surface area (Å²) in [5, 5.41) is 9.08. The minimum absolute atomic E-state index is 0.173. The van der Waals surface area contributed by atoms with Crippen molar-refractivity contribution in [2.75, 3.05) is 47.5 Å². The quantitative estimate of drug-likeness (QED) is 0.223. The van der Waals surface area contributed by atoms with E-state index < -0.39 is 16.1 Å². The molecule has 0 spiro atoms. The van der Waals surface area contributed by atoms with E-state index in [1.165, 1.54) is 6.33 Å². The van der Waals surface area contributed by atoms with E-state index in [1.807, 2.05) is 68.6 Å². The summed E-state index contributed by atoms with van der Waals surface area (Å²) in [6, 6.07) is 16.5. The summed E-state index contributed by atoms with van der Waals surface area (Å²) in [7, 11) is -3.53. The van der Waals surface area contributed by atoms with E-state index in [0.29, 0.717) is 65.9 Å². The Bertz CT molecular complexity index is 2240. The molecule has 0 aliphatic carbocycles. The molecule has 0 radical (unpaired) electrons. The first-order valence-corrected chi connectivity index (χ1v) is 16.8.